The second kappa shape index (κ2) is 9.12. The summed E-state index contributed by atoms with van der Waals surface area (Å²) in [7, 11) is 4.30. The zero-order valence-electron chi connectivity index (χ0n) is 14.7. The van der Waals surface area contributed by atoms with Gasteiger partial charge in [0.15, 0.2) is 11.5 Å². The number of hydrogen-bond donors (Lipinski definition) is 1. The van der Waals surface area contributed by atoms with E-state index in [4.69, 9.17) is 14.2 Å². The quantitative estimate of drug-likeness (QED) is 0.806. The van der Waals surface area contributed by atoms with E-state index < -0.39 is 6.09 Å². The summed E-state index contributed by atoms with van der Waals surface area (Å²) in [5.41, 5.74) is 0.548. The van der Waals surface area contributed by atoms with Gasteiger partial charge in [-0.1, -0.05) is 0 Å². The van der Waals surface area contributed by atoms with E-state index in [2.05, 4.69) is 10.1 Å². The number of likely N-dealkylation sites (N-methyl/N-ethyl adjacent to an activating group) is 1. The van der Waals surface area contributed by atoms with Gasteiger partial charge in [0.25, 0.3) is 0 Å². The van der Waals surface area contributed by atoms with E-state index in [0.717, 1.165) is 19.4 Å². The molecule has 25 heavy (non-hydrogen) atoms. The third-order valence-corrected chi connectivity index (χ3v) is 3.76. The Kier molecular flexibility index (Phi) is 6.88. The Morgan fingerprint density at radius 3 is 2.76 bits per heavy atom. The fraction of sp³-hybridized carbons (Fsp3) is 0.529. The maximum atomic E-state index is 12.0. The Morgan fingerprint density at radius 1 is 1.32 bits per heavy atom. The van der Waals surface area contributed by atoms with Gasteiger partial charge < -0.3 is 29.2 Å². The minimum Gasteiger partial charge on any atom is -0.493 e. The number of rotatable bonds is 7. The number of nitrogens with zero attached hydrogens (tertiary/aromatic N) is 1. The Bertz CT molecular complexity index is 601. The van der Waals surface area contributed by atoms with Crippen LogP contribution in [0, 0.1) is 0 Å². The number of hydrogen-bond acceptors (Lipinski definition) is 6. The minimum absolute atomic E-state index is 0.0802. The lowest BCUT2D eigenvalue weighted by atomic mass is 10.2. The van der Waals surface area contributed by atoms with Crippen LogP contribution in [0.3, 0.4) is 0 Å². The molecule has 2 amide bonds. The van der Waals surface area contributed by atoms with Crippen molar-refractivity contribution in [2.75, 3.05) is 46.3 Å². The third kappa shape index (κ3) is 5.53. The van der Waals surface area contributed by atoms with Crippen LogP contribution in [0.5, 0.6) is 11.5 Å². The molecule has 0 aromatic heterocycles. The van der Waals surface area contributed by atoms with E-state index in [1.165, 1.54) is 19.1 Å². The van der Waals surface area contributed by atoms with Gasteiger partial charge >= 0.3 is 6.09 Å². The molecule has 138 valence electrons. The zero-order valence-corrected chi connectivity index (χ0v) is 14.7. The summed E-state index contributed by atoms with van der Waals surface area (Å²) in [6.45, 7) is 1.07. The minimum atomic E-state index is -0.578. The van der Waals surface area contributed by atoms with Crippen molar-refractivity contribution in [1.29, 1.82) is 0 Å². The lowest BCUT2D eigenvalue weighted by molar-refractivity contribution is -0.116. The molecule has 1 fully saturated rings. The normalized spacial score (nSPS) is 16.2. The highest BCUT2D eigenvalue weighted by Gasteiger charge is 2.18. The molecule has 2 rings (SSSR count). The molecule has 1 heterocycles. The van der Waals surface area contributed by atoms with E-state index in [9.17, 15) is 9.59 Å². The number of anilines is 1. The molecule has 1 saturated heterocycles. The summed E-state index contributed by atoms with van der Waals surface area (Å²) < 4.78 is 21.2. The number of methoxy groups -OCH3 is 2. The predicted octanol–water partition coefficient (Wildman–Crippen LogP) is 1.89. The van der Waals surface area contributed by atoms with Crippen molar-refractivity contribution in [2.24, 2.45) is 0 Å². The van der Waals surface area contributed by atoms with Crippen LogP contribution < -0.4 is 14.8 Å². The highest BCUT2D eigenvalue weighted by molar-refractivity contribution is 5.94. The zero-order chi connectivity index (χ0) is 18.2. The highest BCUT2D eigenvalue weighted by atomic mass is 16.5. The van der Waals surface area contributed by atoms with Gasteiger partial charge in [0.1, 0.15) is 13.2 Å². The molecule has 0 radical (unpaired) electrons. The van der Waals surface area contributed by atoms with Gasteiger partial charge in [0, 0.05) is 25.4 Å². The van der Waals surface area contributed by atoms with Gasteiger partial charge in [-0.25, -0.2) is 4.79 Å². The first-order valence-corrected chi connectivity index (χ1v) is 8.05. The Morgan fingerprint density at radius 2 is 2.12 bits per heavy atom. The summed E-state index contributed by atoms with van der Waals surface area (Å²) >= 11 is 0. The van der Waals surface area contributed by atoms with Crippen molar-refractivity contribution in [2.45, 2.75) is 18.9 Å². The second-order valence-corrected chi connectivity index (χ2v) is 5.69. The van der Waals surface area contributed by atoms with E-state index >= 15 is 0 Å². The summed E-state index contributed by atoms with van der Waals surface area (Å²) in [5.74, 6) is 0.753. The lowest BCUT2D eigenvalue weighted by Crippen LogP contribution is -2.34. The van der Waals surface area contributed by atoms with Crippen molar-refractivity contribution in [3.05, 3.63) is 18.2 Å². The highest BCUT2D eigenvalue weighted by Crippen LogP contribution is 2.31. The van der Waals surface area contributed by atoms with E-state index in [-0.39, 0.29) is 18.6 Å². The number of amides is 2. The van der Waals surface area contributed by atoms with Gasteiger partial charge in [-0.05, 0) is 25.0 Å². The topological polar surface area (TPSA) is 86.3 Å². The number of nitrogens with one attached hydrogen (secondary N) is 1. The first kappa shape index (κ1) is 18.9. The summed E-state index contributed by atoms with van der Waals surface area (Å²) in [4.78, 5) is 24.5. The molecule has 1 N–H and O–H groups in total. The molecule has 8 nitrogen and oxygen atoms in total. The summed E-state index contributed by atoms with van der Waals surface area (Å²) in [6, 6.07) is 5.10. The Balaban J connectivity index is 1.97. The van der Waals surface area contributed by atoms with E-state index in [1.807, 2.05) is 0 Å². The van der Waals surface area contributed by atoms with Crippen molar-refractivity contribution < 1.29 is 28.5 Å². The first-order chi connectivity index (χ1) is 12.0. The molecule has 0 unspecified atom stereocenters. The monoisotopic (exact) mass is 352 g/mol. The van der Waals surface area contributed by atoms with Gasteiger partial charge in [-0.15, -0.1) is 0 Å². The molecular weight excluding hydrogens is 328 g/mol. The van der Waals surface area contributed by atoms with E-state index in [1.54, 1.807) is 25.3 Å². The smallest absolute Gasteiger partial charge is 0.409 e. The molecular formula is C17H24N2O6. The molecule has 1 aromatic carbocycles. The maximum absolute atomic E-state index is 12.0. The molecule has 1 aromatic rings. The number of carbonyl (C=O) groups excluding carboxylic acids is 2. The fourth-order valence-corrected chi connectivity index (χ4v) is 2.46. The van der Waals surface area contributed by atoms with Crippen LogP contribution in [0.1, 0.15) is 12.8 Å². The average molecular weight is 352 g/mol. The van der Waals surface area contributed by atoms with Crippen LogP contribution in [-0.4, -0.2) is 64.0 Å². The van der Waals surface area contributed by atoms with Gasteiger partial charge in [-0.3, -0.25) is 4.79 Å². The van der Waals surface area contributed by atoms with Crippen LogP contribution in [0.15, 0.2) is 18.2 Å². The molecule has 1 aliphatic rings. The fourth-order valence-electron chi connectivity index (χ4n) is 2.46. The summed E-state index contributed by atoms with van der Waals surface area (Å²) in [6.07, 6.45) is 1.51. The van der Waals surface area contributed by atoms with Gasteiger partial charge in [0.2, 0.25) is 5.91 Å². The molecule has 0 aliphatic carbocycles. The van der Waals surface area contributed by atoms with Crippen molar-refractivity contribution in [1.82, 2.24) is 4.90 Å². The summed E-state index contributed by atoms with van der Waals surface area (Å²) in [5, 5.41) is 2.72. The lowest BCUT2D eigenvalue weighted by Gasteiger charge is -2.17. The van der Waals surface area contributed by atoms with Crippen LogP contribution in [0.4, 0.5) is 10.5 Å². The van der Waals surface area contributed by atoms with E-state index in [0.29, 0.717) is 23.8 Å². The second-order valence-electron chi connectivity index (χ2n) is 5.69. The number of ether oxygens (including phenoxy) is 4. The standard InChI is InChI=1S/C17H24N2O6/c1-19(17(21)23-3)10-16(20)18-12-6-7-14(22-2)15(9-12)25-11-13-5-4-8-24-13/h6-7,9,13H,4-5,8,10-11H2,1-3H3,(H,18,20)/t13-/m1/s1. The molecule has 1 aliphatic heterocycles. The molecule has 8 heteroatoms. The Hall–Kier alpha value is -2.48. The molecule has 0 bridgehead atoms. The van der Waals surface area contributed by atoms with Crippen LogP contribution >= 0.6 is 0 Å². The molecule has 0 spiro atoms. The Labute approximate surface area is 147 Å². The van der Waals surface area contributed by atoms with Crippen LogP contribution in [0.25, 0.3) is 0 Å². The van der Waals surface area contributed by atoms with Crippen LogP contribution in [0.2, 0.25) is 0 Å². The van der Waals surface area contributed by atoms with Gasteiger partial charge in [0.05, 0.1) is 20.3 Å². The van der Waals surface area contributed by atoms with Crippen molar-refractivity contribution in [3.8, 4) is 11.5 Å². The predicted molar refractivity (Wildman–Crippen MR) is 91.1 cm³/mol. The van der Waals surface area contributed by atoms with Crippen molar-refractivity contribution in [3.63, 3.8) is 0 Å². The van der Waals surface area contributed by atoms with Crippen LogP contribution in [-0.2, 0) is 14.3 Å². The SMILES string of the molecule is COC(=O)N(C)CC(=O)Nc1ccc(OC)c(OC[C@H]2CCCO2)c1. The van der Waals surface area contributed by atoms with Gasteiger partial charge in [-0.2, -0.15) is 0 Å². The number of benzene rings is 1. The third-order valence-electron chi connectivity index (χ3n) is 3.76. The average Bonchev–Trinajstić information content (AvgIpc) is 3.12. The van der Waals surface area contributed by atoms with Crippen molar-refractivity contribution >= 4 is 17.7 Å². The molecule has 0 saturated carbocycles. The first-order valence-electron chi connectivity index (χ1n) is 8.05. The number of carbonyl (C=O) groups is 2. The maximum Gasteiger partial charge on any atom is 0.409 e. The molecule has 1 atom stereocenters. The largest absolute Gasteiger partial charge is 0.493 e.